The molecule has 0 radical (unpaired) electrons. The van der Waals surface area contributed by atoms with Crippen molar-refractivity contribution in [1.82, 2.24) is 29.9 Å². The van der Waals surface area contributed by atoms with Crippen LogP contribution < -0.4 is 0 Å². The standard InChI is InChI=1S/C24H20N6/c1-5-16(25-10-1)15-9-14-29-22(15)24-21(18-7-3-12-27-18)20(17-6-2-11-26-17)23(30-24)19-8-4-13-28-19/h1-14,25-30H. The monoisotopic (exact) mass is 392 g/mol. The summed E-state index contributed by atoms with van der Waals surface area (Å²) < 4.78 is 0. The Balaban J connectivity index is 1.69. The lowest BCUT2D eigenvalue weighted by molar-refractivity contribution is 1.29. The number of H-pyrrole nitrogens is 6. The molecule has 6 heteroatoms. The maximum atomic E-state index is 3.72. The van der Waals surface area contributed by atoms with Gasteiger partial charge in [0.1, 0.15) is 0 Å². The summed E-state index contributed by atoms with van der Waals surface area (Å²) in [6, 6.07) is 18.6. The van der Waals surface area contributed by atoms with Gasteiger partial charge in [0, 0.05) is 64.8 Å². The Morgan fingerprint density at radius 2 is 0.933 bits per heavy atom. The highest BCUT2D eigenvalue weighted by atomic mass is 14.9. The Morgan fingerprint density at radius 1 is 0.400 bits per heavy atom. The third kappa shape index (κ3) is 2.51. The van der Waals surface area contributed by atoms with Crippen molar-refractivity contribution >= 4 is 0 Å². The molecule has 6 heterocycles. The van der Waals surface area contributed by atoms with Crippen molar-refractivity contribution in [2.24, 2.45) is 0 Å². The van der Waals surface area contributed by atoms with Crippen molar-refractivity contribution in [2.45, 2.75) is 0 Å². The van der Waals surface area contributed by atoms with E-state index in [9.17, 15) is 0 Å². The second-order valence-electron chi connectivity index (χ2n) is 7.23. The van der Waals surface area contributed by atoms with E-state index < -0.39 is 0 Å². The molecule has 0 saturated heterocycles. The molecule has 0 aliphatic heterocycles. The number of hydrogen-bond donors (Lipinski definition) is 6. The van der Waals surface area contributed by atoms with Gasteiger partial charge < -0.3 is 29.9 Å². The maximum absolute atomic E-state index is 3.72. The zero-order valence-corrected chi connectivity index (χ0v) is 16.1. The van der Waals surface area contributed by atoms with Crippen LogP contribution in [0, 0.1) is 0 Å². The molecule has 6 rings (SSSR count). The Hall–Kier alpha value is -4.32. The number of aromatic amines is 6. The van der Waals surface area contributed by atoms with Gasteiger partial charge in [-0.25, -0.2) is 0 Å². The fourth-order valence-corrected chi connectivity index (χ4v) is 4.18. The van der Waals surface area contributed by atoms with E-state index in [0.717, 1.165) is 56.5 Å². The Labute approximate surface area is 172 Å². The molecular formula is C24H20N6. The van der Waals surface area contributed by atoms with Crippen LogP contribution in [0.3, 0.4) is 0 Å². The normalized spacial score (nSPS) is 11.3. The zero-order valence-electron chi connectivity index (χ0n) is 16.1. The molecule has 0 aliphatic rings. The number of nitrogens with one attached hydrogen (secondary N) is 6. The van der Waals surface area contributed by atoms with Crippen LogP contribution in [0.4, 0.5) is 0 Å². The quantitative estimate of drug-likeness (QED) is 0.208. The van der Waals surface area contributed by atoms with E-state index >= 15 is 0 Å². The van der Waals surface area contributed by atoms with E-state index in [2.05, 4.69) is 60.2 Å². The minimum atomic E-state index is 1.03. The van der Waals surface area contributed by atoms with E-state index in [-0.39, 0.29) is 0 Å². The van der Waals surface area contributed by atoms with Gasteiger partial charge in [0.15, 0.2) is 0 Å². The van der Waals surface area contributed by atoms with E-state index in [1.165, 1.54) is 0 Å². The summed E-state index contributed by atoms with van der Waals surface area (Å²) in [5, 5.41) is 0. The molecule has 0 spiro atoms. The van der Waals surface area contributed by atoms with Crippen molar-refractivity contribution in [3.05, 3.63) is 85.6 Å². The zero-order chi connectivity index (χ0) is 19.9. The summed E-state index contributed by atoms with van der Waals surface area (Å²) >= 11 is 0. The topological polar surface area (TPSA) is 94.7 Å². The van der Waals surface area contributed by atoms with Crippen LogP contribution in [0.2, 0.25) is 0 Å². The Bertz CT molecular complexity index is 1360. The van der Waals surface area contributed by atoms with E-state index in [4.69, 9.17) is 0 Å². The molecule has 6 aromatic rings. The van der Waals surface area contributed by atoms with Gasteiger partial charge in [-0.15, -0.1) is 0 Å². The van der Waals surface area contributed by atoms with Crippen LogP contribution >= 0.6 is 0 Å². The van der Waals surface area contributed by atoms with Crippen molar-refractivity contribution in [1.29, 1.82) is 0 Å². The molecule has 146 valence electrons. The highest BCUT2D eigenvalue weighted by molar-refractivity contribution is 6.00. The summed E-state index contributed by atoms with van der Waals surface area (Å²) in [7, 11) is 0. The summed E-state index contributed by atoms with van der Waals surface area (Å²) in [6.07, 6.45) is 9.79. The summed E-state index contributed by atoms with van der Waals surface area (Å²) in [4.78, 5) is 20.7. The second kappa shape index (κ2) is 6.63. The number of rotatable bonds is 5. The molecule has 6 N–H and O–H groups in total. The molecule has 0 amide bonds. The van der Waals surface area contributed by atoms with Gasteiger partial charge in [-0.1, -0.05) is 0 Å². The number of hydrogen-bond acceptors (Lipinski definition) is 0. The van der Waals surface area contributed by atoms with Gasteiger partial charge in [0.25, 0.3) is 0 Å². The van der Waals surface area contributed by atoms with Gasteiger partial charge in [0.05, 0.1) is 22.8 Å². The van der Waals surface area contributed by atoms with Crippen molar-refractivity contribution in [3.63, 3.8) is 0 Å². The van der Waals surface area contributed by atoms with Crippen molar-refractivity contribution < 1.29 is 0 Å². The minimum absolute atomic E-state index is 1.03. The fraction of sp³-hybridized carbons (Fsp3) is 0. The average molecular weight is 392 g/mol. The largest absolute Gasteiger partial charge is 0.361 e. The molecule has 0 unspecified atom stereocenters. The smallest absolute Gasteiger partial charge is 0.0733 e. The molecular weight excluding hydrogens is 372 g/mol. The lowest BCUT2D eigenvalue weighted by Crippen LogP contribution is -1.88. The van der Waals surface area contributed by atoms with Crippen LogP contribution in [0.25, 0.3) is 56.5 Å². The Kier molecular flexibility index (Phi) is 3.67. The first kappa shape index (κ1) is 16.6. The predicted octanol–water partition coefficient (Wildman–Crippen LogP) is 5.99. The highest BCUT2D eigenvalue weighted by Gasteiger charge is 2.26. The van der Waals surface area contributed by atoms with Gasteiger partial charge >= 0.3 is 0 Å². The van der Waals surface area contributed by atoms with E-state index in [1.807, 2.05) is 55.2 Å². The molecule has 0 bridgehead atoms. The first-order valence-corrected chi connectivity index (χ1v) is 9.89. The van der Waals surface area contributed by atoms with Crippen molar-refractivity contribution in [2.75, 3.05) is 0 Å². The predicted molar refractivity (Wildman–Crippen MR) is 120 cm³/mol. The second-order valence-corrected chi connectivity index (χ2v) is 7.23. The summed E-state index contributed by atoms with van der Waals surface area (Å²) in [5.74, 6) is 0. The Morgan fingerprint density at radius 3 is 1.50 bits per heavy atom. The molecule has 0 aromatic carbocycles. The minimum Gasteiger partial charge on any atom is -0.361 e. The van der Waals surface area contributed by atoms with Gasteiger partial charge in [-0.3, -0.25) is 0 Å². The molecule has 30 heavy (non-hydrogen) atoms. The highest BCUT2D eigenvalue weighted by Crippen LogP contribution is 2.46. The molecule has 0 atom stereocenters. The third-order valence-electron chi connectivity index (χ3n) is 5.49. The van der Waals surface area contributed by atoms with Gasteiger partial charge in [-0.2, -0.15) is 0 Å². The maximum Gasteiger partial charge on any atom is 0.0733 e. The molecule has 6 nitrogen and oxygen atoms in total. The van der Waals surface area contributed by atoms with Crippen LogP contribution in [0.1, 0.15) is 0 Å². The third-order valence-corrected chi connectivity index (χ3v) is 5.49. The van der Waals surface area contributed by atoms with E-state index in [1.54, 1.807) is 0 Å². The number of aromatic nitrogens is 6. The molecule has 6 aromatic heterocycles. The van der Waals surface area contributed by atoms with Crippen LogP contribution in [-0.2, 0) is 0 Å². The van der Waals surface area contributed by atoms with E-state index in [0.29, 0.717) is 0 Å². The first-order chi connectivity index (χ1) is 14.9. The van der Waals surface area contributed by atoms with Crippen LogP contribution in [-0.4, -0.2) is 29.9 Å². The lowest BCUT2D eigenvalue weighted by atomic mass is 9.99. The lowest BCUT2D eigenvalue weighted by Gasteiger charge is -2.07. The SMILES string of the molecule is c1c[nH]c(-c2cc[nH]c2-c2[nH]c(-c3ccc[nH]3)c(-c3ccc[nH]3)c2-c2ccc[nH]2)c1. The molecule has 0 saturated carbocycles. The van der Waals surface area contributed by atoms with Gasteiger partial charge in [-0.05, 0) is 54.6 Å². The average Bonchev–Trinajstić information content (AvgIpc) is 3.61. The summed E-state index contributed by atoms with van der Waals surface area (Å²) in [6.45, 7) is 0. The van der Waals surface area contributed by atoms with Gasteiger partial charge in [0.2, 0.25) is 0 Å². The fourth-order valence-electron chi connectivity index (χ4n) is 4.18. The molecule has 0 aliphatic carbocycles. The first-order valence-electron chi connectivity index (χ1n) is 9.89. The van der Waals surface area contributed by atoms with Crippen LogP contribution in [0.5, 0.6) is 0 Å². The van der Waals surface area contributed by atoms with Crippen molar-refractivity contribution in [3.8, 4) is 56.5 Å². The summed E-state index contributed by atoms with van der Waals surface area (Å²) in [5.41, 5.74) is 10.7. The molecule has 0 fully saturated rings. The van der Waals surface area contributed by atoms with Crippen LogP contribution in [0.15, 0.2) is 85.6 Å².